The Labute approximate surface area is 141 Å². The molecule has 3 rings (SSSR count). The lowest BCUT2D eigenvalue weighted by molar-refractivity contribution is -0.116. The average molecular weight is 342 g/mol. The maximum atomic E-state index is 12.1. The number of aromatic carboxylic acids is 1. The Hall–Kier alpha value is -2.93. The smallest absolute Gasteiger partial charge is 0.343 e. The van der Waals surface area contributed by atoms with Crippen LogP contribution in [0.2, 0.25) is 0 Å². The Morgan fingerprint density at radius 3 is 2.62 bits per heavy atom. The van der Waals surface area contributed by atoms with Crippen LogP contribution in [0, 0.1) is 0 Å². The van der Waals surface area contributed by atoms with E-state index in [1.54, 1.807) is 12.1 Å². The lowest BCUT2D eigenvalue weighted by Gasteiger charge is -2.03. The zero-order valence-corrected chi connectivity index (χ0v) is 13.4. The molecule has 2 heterocycles. The largest absolute Gasteiger partial charge is 0.477 e. The first kappa shape index (κ1) is 15.9. The van der Waals surface area contributed by atoms with Crippen molar-refractivity contribution < 1.29 is 19.2 Å². The number of nitrogens with one attached hydrogen (secondary N) is 1. The summed E-state index contributed by atoms with van der Waals surface area (Å²) >= 11 is 1.35. The van der Waals surface area contributed by atoms with E-state index in [0.717, 1.165) is 5.56 Å². The van der Waals surface area contributed by atoms with Crippen molar-refractivity contribution in [1.82, 2.24) is 5.16 Å². The zero-order chi connectivity index (χ0) is 16.9. The summed E-state index contributed by atoms with van der Waals surface area (Å²) in [5.74, 6) is -1.66. The van der Waals surface area contributed by atoms with Crippen molar-refractivity contribution in [3.63, 3.8) is 0 Å². The number of carbonyl (C=O) groups is 2. The molecule has 3 aromatic rings. The molecule has 0 saturated carbocycles. The van der Waals surface area contributed by atoms with E-state index in [2.05, 4.69) is 10.5 Å². The molecule has 2 N–H and O–H groups in total. The number of amides is 1. The van der Waals surface area contributed by atoms with Crippen LogP contribution >= 0.6 is 11.3 Å². The third-order valence-electron chi connectivity index (χ3n) is 3.40. The number of aryl methyl sites for hydroxylation is 1. The van der Waals surface area contributed by atoms with E-state index in [-0.39, 0.29) is 29.5 Å². The first-order valence-electron chi connectivity index (χ1n) is 7.26. The first-order chi connectivity index (χ1) is 11.6. The fourth-order valence-corrected chi connectivity index (χ4v) is 2.96. The van der Waals surface area contributed by atoms with E-state index in [4.69, 9.17) is 4.52 Å². The number of nitrogens with zero attached hydrogens (tertiary/aromatic N) is 1. The van der Waals surface area contributed by atoms with Gasteiger partial charge in [0.1, 0.15) is 5.69 Å². The highest BCUT2D eigenvalue weighted by atomic mass is 32.1. The summed E-state index contributed by atoms with van der Waals surface area (Å²) in [6, 6.07) is 13.1. The quantitative estimate of drug-likeness (QED) is 0.713. The molecule has 0 aliphatic rings. The second-order valence-corrected chi connectivity index (χ2v) is 6.00. The molecule has 0 spiro atoms. The molecule has 24 heavy (non-hydrogen) atoms. The number of anilines is 1. The number of benzene rings is 1. The van der Waals surface area contributed by atoms with Gasteiger partial charge in [-0.25, -0.2) is 4.79 Å². The van der Waals surface area contributed by atoms with E-state index in [0.29, 0.717) is 11.3 Å². The summed E-state index contributed by atoms with van der Waals surface area (Å²) < 4.78 is 5.05. The molecular formula is C17H14N2O4S. The van der Waals surface area contributed by atoms with Gasteiger partial charge in [0, 0.05) is 6.42 Å². The van der Waals surface area contributed by atoms with Crippen LogP contribution in [0.25, 0.3) is 10.6 Å². The summed E-state index contributed by atoms with van der Waals surface area (Å²) in [5, 5.41) is 17.5. The predicted octanol–water partition coefficient (Wildman–Crippen LogP) is 3.67. The molecule has 0 unspecified atom stereocenters. The lowest BCUT2D eigenvalue weighted by atomic mass is 10.1. The summed E-state index contributed by atoms with van der Waals surface area (Å²) in [5.41, 5.74) is 1.12. The molecule has 0 saturated heterocycles. The Bertz CT molecular complexity index is 841. The molecule has 0 radical (unpaired) electrons. The van der Waals surface area contributed by atoms with Gasteiger partial charge in [-0.2, -0.15) is 0 Å². The van der Waals surface area contributed by atoms with Crippen LogP contribution in [0.5, 0.6) is 0 Å². The summed E-state index contributed by atoms with van der Waals surface area (Å²) in [7, 11) is 0. The normalized spacial score (nSPS) is 10.5. The minimum Gasteiger partial charge on any atom is -0.477 e. The van der Waals surface area contributed by atoms with Gasteiger partial charge in [-0.15, -0.1) is 11.3 Å². The summed E-state index contributed by atoms with van der Waals surface area (Å²) in [6.07, 6.45) is 0.777. The van der Waals surface area contributed by atoms with Gasteiger partial charge in [-0.3, -0.25) is 10.1 Å². The van der Waals surface area contributed by atoms with Gasteiger partial charge in [0.05, 0.1) is 4.88 Å². The Morgan fingerprint density at radius 1 is 1.17 bits per heavy atom. The van der Waals surface area contributed by atoms with Crippen molar-refractivity contribution in [2.75, 3.05) is 5.32 Å². The van der Waals surface area contributed by atoms with Crippen LogP contribution in [-0.2, 0) is 11.2 Å². The van der Waals surface area contributed by atoms with Crippen molar-refractivity contribution >= 4 is 29.1 Å². The highest BCUT2D eigenvalue weighted by Crippen LogP contribution is 2.31. The molecule has 122 valence electrons. The SMILES string of the molecule is O=C(CCc1ccccc1)Nc1onc(-c2cccs2)c1C(=O)O. The monoisotopic (exact) mass is 342 g/mol. The van der Waals surface area contributed by atoms with Crippen molar-refractivity contribution in [3.05, 3.63) is 59.0 Å². The topological polar surface area (TPSA) is 92.4 Å². The predicted molar refractivity (Wildman–Crippen MR) is 90.2 cm³/mol. The molecule has 2 aromatic heterocycles. The molecule has 0 aliphatic heterocycles. The van der Waals surface area contributed by atoms with Gasteiger partial charge in [0.25, 0.3) is 0 Å². The minimum absolute atomic E-state index is 0.134. The van der Waals surface area contributed by atoms with Crippen LogP contribution < -0.4 is 5.32 Å². The first-order valence-corrected chi connectivity index (χ1v) is 8.13. The third-order valence-corrected chi connectivity index (χ3v) is 4.27. The molecule has 7 heteroatoms. The van der Waals surface area contributed by atoms with Crippen molar-refractivity contribution in [3.8, 4) is 10.6 Å². The number of carbonyl (C=O) groups excluding carboxylic acids is 1. The number of hydrogen-bond donors (Lipinski definition) is 2. The number of hydrogen-bond acceptors (Lipinski definition) is 5. The lowest BCUT2D eigenvalue weighted by Crippen LogP contribution is -2.14. The van der Waals surface area contributed by atoms with Gasteiger partial charge >= 0.3 is 5.97 Å². The van der Waals surface area contributed by atoms with Gasteiger partial charge < -0.3 is 9.63 Å². The highest BCUT2D eigenvalue weighted by molar-refractivity contribution is 7.13. The van der Waals surface area contributed by atoms with E-state index in [1.165, 1.54) is 11.3 Å². The Morgan fingerprint density at radius 2 is 1.96 bits per heavy atom. The summed E-state index contributed by atoms with van der Waals surface area (Å²) in [4.78, 5) is 24.2. The van der Waals surface area contributed by atoms with Crippen molar-refractivity contribution in [2.24, 2.45) is 0 Å². The van der Waals surface area contributed by atoms with Gasteiger partial charge in [0.2, 0.25) is 11.8 Å². The molecule has 6 nitrogen and oxygen atoms in total. The molecule has 0 aliphatic carbocycles. The van der Waals surface area contributed by atoms with E-state index in [1.807, 2.05) is 35.7 Å². The molecule has 1 aromatic carbocycles. The van der Waals surface area contributed by atoms with E-state index >= 15 is 0 Å². The number of carboxylic acids is 1. The van der Waals surface area contributed by atoms with Crippen molar-refractivity contribution in [2.45, 2.75) is 12.8 Å². The minimum atomic E-state index is -1.20. The molecule has 0 fully saturated rings. The summed E-state index contributed by atoms with van der Waals surface area (Å²) in [6.45, 7) is 0. The van der Waals surface area contributed by atoms with E-state index < -0.39 is 5.97 Å². The fraction of sp³-hybridized carbons (Fsp3) is 0.118. The van der Waals surface area contributed by atoms with Gasteiger partial charge in [-0.1, -0.05) is 41.6 Å². The number of carboxylic acid groups (broad SMARTS) is 1. The van der Waals surface area contributed by atoms with Crippen LogP contribution in [0.15, 0.2) is 52.4 Å². The highest BCUT2D eigenvalue weighted by Gasteiger charge is 2.25. The second kappa shape index (κ2) is 7.10. The van der Waals surface area contributed by atoms with Gasteiger partial charge in [0.15, 0.2) is 5.56 Å². The maximum Gasteiger partial charge on any atom is 0.343 e. The molecule has 1 amide bonds. The second-order valence-electron chi connectivity index (χ2n) is 5.05. The molecular weight excluding hydrogens is 328 g/mol. The van der Waals surface area contributed by atoms with Crippen LogP contribution in [0.1, 0.15) is 22.3 Å². The van der Waals surface area contributed by atoms with Crippen LogP contribution in [0.3, 0.4) is 0 Å². The number of aromatic nitrogens is 1. The zero-order valence-electron chi connectivity index (χ0n) is 12.6. The standard InChI is InChI=1S/C17H14N2O4S/c20-13(9-8-11-5-2-1-3-6-11)18-16-14(17(21)22)15(19-23-16)12-7-4-10-24-12/h1-7,10H,8-9H2,(H,18,20)(H,21,22). The van der Waals surface area contributed by atoms with E-state index in [9.17, 15) is 14.7 Å². The third kappa shape index (κ3) is 3.52. The van der Waals surface area contributed by atoms with Crippen LogP contribution in [-0.4, -0.2) is 22.1 Å². The average Bonchev–Trinajstić information content (AvgIpc) is 3.23. The molecule has 0 bridgehead atoms. The number of rotatable bonds is 6. The molecule has 0 atom stereocenters. The fourth-order valence-electron chi connectivity index (χ4n) is 2.25. The number of thiophene rings is 1. The Balaban J connectivity index is 1.73. The van der Waals surface area contributed by atoms with Crippen LogP contribution in [0.4, 0.5) is 5.88 Å². The maximum absolute atomic E-state index is 12.1. The van der Waals surface area contributed by atoms with Gasteiger partial charge in [-0.05, 0) is 23.4 Å². The Kier molecular flexibility index (Phi) is 4.72. The van der Waals surface area contributed by atoms with Crippen molar-refractivity contribution in [1.29, 1.82) is 0 Å².